The predicted octanol–water partition coefficient (Wildman–Crippen LogP) is 5.01. The summed E-state index contributed by atoms with van der Waals surface area (Å²) in [6, 6.07) is 11.4. The summed E-state index contributed by atoms with van der Waals surface area (Å²) in [7, 11) is -2.98. The lowest BCUT2D eigenvalue weighted by atomic mass is 9.96. The average Bonchev–Trinajstić information content (AvgIpc) is 3.24. The van der Waals surface area contributed by atoms with Crippen LogP contribution in [0.15, 0.2) is 69.6 Å². The number of aliphatic carboxylic acids is 1. The van der Waals surface area contributed by atoms with Gasteiger partial charge in [-0.05, 0) is 58.1 Å². The number of rotatable bonds is 9. The largest absolute Gasteiger partial charge is 0.495 e. The van der Waals surface area contributed by atoms with Gasteiger partial charge in [0.2, 0.25) is 10.0 Å². The second kappa shape index (κ2) is 11.0. The highest BCUT2D eigenvalue weighted by molar-refractivity contribution is 9.10. The number of allylic oxidation sites excluding steroid dienone is 2. The molecule has 4 rings (SSSR count). The third kappa shape index (κ3) is 5.39. The molecule has 0 radical (unpaired) electrons. The van der Waals surface area contributed by atoms with E-state index in [1.54, 1.807) is 45.1 Å². The van der Waals surface area contributed by atoms with Crippen LogP contribution in [0.2, 0.25) is 0 Å². The van der Waals surface area contributed by atoms with Gasteiger partial charge >= 0.3 is 5.97 Å². The van der Waals surface area contributed by atoms with Gasteiger partial charge in [-0.3, -0.25) is 9.59 Å². The minimum Gasteiger partial charge on any atom is -0.495 e. The zero-order valence-electron chi connectivity index (χ0n) is 21.8. The molecule has 3 aromatic rings. The lowest BCUT2D eigenvalue weighted by Crippen LogP contribution is -2.60. The maximum Gasteiger partial charge on any atom is 0.321 e. The standard InChI is InChI=1S/C28H29BrN2O7S/c1-16(2)23(27(33)34)31-39(35,36)28(14-12-19(13-15-28)18-8-6-5-7-9-18)30-26(32)24-17(3)22-21(38-24)11-10-20(29)25(22)37-4/h5-14,16,23,31H,15H2,1-4H3,(H,30,32)(H,33,34)/t23-,28?/m1/s1. The number of carboxylic acids is 1. The molecular weight excluding hydrogens is 588 g/mol. The van der Waals surface area contributed by atoms with Crippen LogP contribution in [0.5, 0.6) is 5.75 Å². The first-order valence-electron chi connectivity index (χ1n) is 12.2. The molecule has 1 aliphatic carbocycles. The van der Waals surface area contributed by atoms with Crippen molar-refractivity contribution >= 4 is 54.4 Å². The summed E-state index contributed by atoms with van der Waals surface area (Å²) in [5.41, 5.74) is 2.50. The van der Waals surface area contributed by atoms with Gasteiger partial charge < -0.3 is 19.6 Å². The van der Waals surface area contributed by atoms with Crippen LogP contribution in [0.1, 0.15) is 41.9 Å². The molecule has 11 heteroatoms. The van der Waals surface area contributed by atoms with E-state index in [1.807, 2.05) is 30.3 Å². The van der Waals surface area contributed by atoms with Crippen LogP contribution in [-0.2, 0) is 14.8 Å². The molecule has 1 aliphatic rings. The van der Waals surface area contributed by atoms with Gasteiger partial charge in [-0.1, -0.05) is 56.3 Å². The van der Waals surface area contributed by atoms with Crippen molar-refractivity contribution in [3.05, 3.63) is 82.1 Å². The van der Waals surface area contributed by atoms with E-state index in [0.717, 1.165) is 11.1 Å². The lowest BCUT2D eigenvalue weighted by molar-refractivity contribution is -0.140. The molecule has 0 fully saturated rings. The number of carboxylic acid groups (broad SMARTS) is 1. The number of hydrogen-bond acceptors (Lipinski definition) is 6. The highest BCUT2D eigenvalue weighted by atomic mass is 79.9. The van der Waals surface area contributed by atoms with Crippen molar-refractivity contribution in [2.24, 2.45) is 5.92 Å². The van der Waals surface area contributed by atoms with Gasteiger partial charge in [-0.2, -0.15) is 4.72 Å². The third-order valence-electron chi connectivity index (χ3n) is 6.69. The number of ether oxygens (including phenoxy) is 1. The van der Waals surface area contributed by atoms with E-state index < -0.39 is 38.7 Å². The molecule has 1 aromatic heterocycles. The number of fused-ring (bicyclic) bond motifs is 1. The minimum absolute atomic E-state index is 0.0825. The molecule has 3 N–H and O–H groups in total. The van der Waals surface area contributed by atoms with E-state index in [9.17, 15) is 23.1 Å². The van der Waals surface area contributed by atoms with Gasteiger partial charge in [-0.25, -0.2) is 8.42 Å². The van der Waals surface area contributed by atoms with E-state index in [-0.39, 0.29) is 12.2 Å². The van der Waals surface area contributed by atoms with E-state index >= 15 is 0 Å². The minimum atomic E-state index is -4.47. The molecule has 0 saturated carbocycles. The Morgan fingerprint density at radius 3 is 2.41 bits per heavy atom. The second-order valence-electron chi connectivity index (χ2n) is 9.60. The van der Waals surface area contributed by atoms with Gasteiger partial charge in [0.05, 0.1) is 17.0 Å². The predicted molar refractivity (Wildman–Crippen MR) is 152 cm³/mol. The fourth-order valence-electron chi connectivity index (χ4n) is 4.51. The third-order valence-corrected chi connectivity index (χ3v) is 9.25. The fourth-order valence-corrected chi connectivity index (χ4v) is 6.70. The van der Waals surface area contributed by atoms with Crippen molar-refractivity contribution in [1.29, 1.82) is 0 Å². The zero-order chi connectivity index (χ0) is 28.5. The number of amides is 1. The van der Waals surface area contributed by atoms with Crippen molar-refractivity contribution < 1.29 is 32.3 Å². The van der Waals surface area contributed by atoms with Crippen LogP contribution in [0.25, 0.3) is 16.5 Å². The number of halogens is 1. The Morgan fingerprint density at radius 1 is 1.15 bits per heavy atom. The van der Waals surface area contributed by atoms with Crippen molar-refractivity contribution in [2.75, 3.05) is 7.11 Å². The van der Waals surface area contributed by atoms with Crippen molar-refractivity contribution in [3.8, 4) is 5.75 Å². The van der Waals surface area contributed by atoms with Crippen LogP contribution in [0, 0.1) is 12.8 Å². The molecule has 0 bridgehead atoms. The van der Waals surface area contributed by atoms with Gasteiger partial charge in [0, 0.05) is 12.0 Å². The Bertz CT molecular complexity index is 1590. The molecule has 0 saturated heterocycles. The van der Waals surface area contributed by atoms with Crippen LogP contribution < -0.4 is 14.8 Å². The molecule has 0 aliphatic heterocycles. The molecular formula is C28H29BrN2O7S. The Labute approximate surface area is 235 Å². The Balaban J connectivity index is 1.77. The summed E-state index contributed by atoms with van der Waals surface area (Å²) in [5.74, 6) is -2.24. The summed E-state index contributed by atoms with van der Waals surface area (Å²) < 4.78 is 41.9. The maximum atomic E-state index is 13.8. The Kier molecular flexibility index (Phi) is 8.06. The number of hydrogen-bond donors (Lipinski definition) is 3. The SMILES string of the molecule is COc1c(Br)ccc2oc(C(=O)NC3(S(=O)(=O)N[C@@H](C(=O)O)C(C)C)C=CC(c4ccccc4)=CC3)c(C)c12. The zero-order valence-corrected chi connectivity index (χ0v) is 24.2. The van der Waals surface area contributed by atoms with Gasteiger partial charge in [0.25, 0.3) is 5.91 Å². The van der Waals surface area contributed by atoms with Crippen LogP contribution in [0.4, 0.5) is 0 Å². The van der Waals surface area contributed by atoms with Crippen molar-refractivity contribution in [1.82, 2.24) is 10.0 Å². The number of carbonyl (C=O) groups excluding carboxylic acids is 1. The van der Waals surface area contributed by atoms with Crippen LogP contribution in [-0.4, -0.2) is 43.4 Å². The topological polar surface area (TPSA) is 135 Å². The number of methoxy groups -OCH3 is 1. The van der Waals surface area contributed by atoms with Crippen LogP contribution in [0.3, 0.4) is 0 Å². The molecule has 2 atom stereocenters. The second-order valence-corrected chi connectivity index (χ2v) is 12.4. The smallest absolute Gasteiger partial charge is 0.321 e. The van der Waals surface area contributed by atoms with E-state index in [1.165, 1.54) is 13.2 Å². The first kappa shape index (κ1) is 28.6. The molecule has 0 spiro atoms. The quantitative estimate of drug-likeness (QED) is 0.307. The van der Waals surface area contributed by atoms with Crippen LogP contribution >= 0.6 is 15.9 Å². The first-order valence-corrected chi connectivity index (χ1v) is 14.5. The molecule has 1 heterocycles. The molecule has 39 heavy (non-hydrogen) atoms. The number of sulfonamides is 1. The van der Waals surface area contributed by atoms with Gasteiger partial charge in [0.15, 0.2) is 10.6 Å². The Morgan fingerprint density at radius 2 is 1.85 bits per heavy atom. The average molecular weight is 618 g/mol. The summed E-state index contributed by atoms with van der Waals surface area (Å²) >= 11 is 3.42. The highest BCUT2D eigenvalue weighted by Gasteiger charge is 2.46. The highest BCUT2D eigenvalue weighted by Crippen LogP contribution is 2.39. The summed E-state index contributed by atoms with van der Waals surface area (Å²) in [5, 5.41) is 12.9. The fraction of sp³-hybridized carbons (Fsp3) is 0.286. The van der Waals surface area contributed by atoms with E-state index in [2.05, 4.69) is 26.0 Å². The van der Waals surface area contributed by atoms with Crippen molar-refractivity contribution in [3.63, 3.8) is 0 Å². The maximum absolute atomic E-state index is 13.8. The number of carbonyl (C=O) groups is 2. The number of benzene rings is 2. The van der Waals surface area contributed by atoms with Gasteiger partial charge in [-0.15, -0.1) is 0 Å². The summed E-state index contributed by atoms with van der Waals surface area (Å²) in [4.78, 5) is 23.5. The molecule has 2 aromatic carbocycles. The first-order chi connectivity index (χ1) is 18.4. The van der Waals surface area contributed by atoms with E-state index in [0.29, 0.717) is 26.8 Å². The number of nitrogens with one attached hydrogen (secondary N) is 2. The molecule has 206 valence electrons. The molecule has 9 nitrogen and oxygen atoms in total. The lowest BCUT2D eigenvalue weighted by Gasteiger charge is -2.34. The summed E-state index contributed by atoms with van der Waals surface area (Å²) in [6.07, 6.45) is 4.54. The monoisotopic (exact) mass is 616 g/mol. The normalized spacial score (nSPS) is 18.2. The number of furan rings is 1. The number of aryl methyl sites for hydroxylation is 1. The summed E-state index contributed by atoms with van der Waals surface area (Å²) in [6.45, 7) is 4.87. The van der Waals surface area contributed by atoms with Crippen molar-refractivity contribution in [2.45, 2.75) is 38.1 Å². The Hall–Kier alpha value is -3.41. The molecule has 1 amide bonds. The van der Waals surface area contributed by atoms with Gasteiger partial charge in [0.1, 0.15) is 17.4 Å². The molecule has 1 unspecified atom stereocenters. The van der Waals surface area contributed by atoms with E-state index in [4.69, 9.17) is 9.15 Å².